The first-order valence-corrected chi connectivity index (χ1v) is 10.5. The Morgan fingerprint density at radius 1 is 1.06 bits per heavy atom. The number of anilines is 2. The monoisotopic (exact) mass is 483 g/mol. The van der Waals surface area contributed by atoms with Crippen LogP contribution in [0.1, 0.15) is 19.4 Å². The van der Waals surface area contributed by atoms with Crippen molar-refractivity contribution < 1.29 is 33.3 Å². The molecule has 1 fully saturated rings. The van der Waals surface area contributed by atoms with Crippen LogP contribution in [-0.4, -0.2) is 44.0 Å². The predicted molar refractivity (Wildman–Crippen MR) is 118 cm³/mol. The van der Waals surface area contributed by atoms with E-state index in [1.807, 2.05) is 0 Å². The molecule has 0 aromatic heterocycles. The summed E-state index contributed by atoms with van der Waals surface area (Å²) < 4.78 is 25.6. The van der Waals surface area contributed by atoms with Crippen LogP contribution in [0.2, 0.25) is 10.0 Å². The molecule has 1 heterocycles. The Hall–Kier alpha value is -2.52. The van der Waals surface area contributed by atoms with Crippen LogP contribution in [-0.2, 0) is 34.9 Å². The highest BCUT2D eigenvalue weighted by Gasteiger charge is 2.33. The van der Waals surface area contributed by atoms with Crippen LogP contribution in [0, 0.1) is 0 Å². The molecule has 8 nitrogen and oxygen atoms in total. The van der Waals surface area contributed by atoms with Crippen molar-refractivity contribution in [1.29, 1.82) is 0 Å². The lowest BCUT2D eigenvalue weighted by Crippen LogP contribution is -2.25. The molecule has 2 aromatic carbocycles. The molecule has 32 heavy (non-hydrogen) atoms. The molecule has 0 saturated carbocycles. The Kier molecular flexibility index (Phi) is 8.20. The standard InChI is InChI=1S/C22H23Cl2NO7/c1-22(2)31-12-15(32-22)11-28-21(27)30-13-29-19(26)10-14-6-3-4-9-18(14)25-20-16(23)7-5-8-17(20)24/h3-9,15,25H,10-13H2,1-2H3. The van der Waals surface area contributed by atoms with Gasteiger partial charge in [-0.15, -0.1) is 0 Å². The molecule has 0 amide bonds. The van der Waals surface area contributed by atoms with Crippen LogP contribution in [0.4, 0.5) is 16.2 Å². The van der Waals surface area contributed by atoms with E-state index < -0.39 is 24.7 Å². The van der Waals surface area contributed by atoms with Gasteiger partial charge in [0.2, 0.25) is 6.79 Å². The van der Waals surface area contributed by atoms with Gasteiger partial charge in [-0.3, -0.25) is 4.79 Å². The number of para-hydroxylation sites is 2. The molecule has 0 bridgehead atoms. The molecule has 1 aliphatic rings. The number of ether oxygens (including phenoxy) is 5. The minimum atomic E-state index is -0.971. The van der Waals surface area contributed by atoms with E-state index in [-0.39, 0.29) is 19.1 Å². The molecular weight excluding hydrogens is 461 g/mol. The summed E-state index contributed by atoms with van der Waals surface area (Å²) in [6, 6.07) is 12.3. The van der Waals surface area contributed by atoms with Crippen molar-refractivity contribution >= 4 is 46.7 Å². The lowest BCUT2D eigenvalue weighted by atomic mass is 10.1. The summed E-state index contributed by atoms with van der Waals surface area (Å²) in [5.41, 5.74) is 1.82. The Balaban J connectivity index is 1.45. The average Bonchev–Trinajstić information content (AvgIpc) is 3.09. The van der Waals surface area contributed by atoms with E-state index in [0.29, 0.717) is 33.6 Å². The van der Waals surface area contributed by atoms with Crippen molar-refractivity contribution in [3.63, 3.8) is 0 Å². The molecule has 10 heteroatoms. The summed E-state index contributed by atoms with van der Waals surface area (Å²) in [5.74, 6) is -1.30. The second kappa shape index (κ2) is 10.9. The van der Waals surface area contributed by atoms with Crippen molar-refractivity contribution in [2.24, 2.45) is 0 Å². The Morgan fingerprint density at radius 3 is 2.47 bits per heavy atom. The zero-order valence-corrected chi connectivity index (χ0v) is 19.1. The zero-order chi connectivity index (χ0) is 23.1. The van der Waals surface area contributed by atoms with E-state index in [1.54, 1.807) is 56.3 Å². The molecule has 172 valence electrons. The van der Waals surface area contributed by atoms with Gasteiger partial charge in [0.05, 0.1) is 28.8 Å². The highest BCUT2D eigenvalue weighted by molar-refractivity contribution is 6.39. The summed E-state index contributed by atoms with van der Waals surface area (Å²) in [4.78, 5) is 23.9. The molecule has 0 aliphatic carbocycles. The normalized spacial score (nSPS) is 16.9. The number of esters is 1. The Morgan fingerprint density at radius 2 is 1.78 bits per heavy atom. The van der Waals surface area contributed by atoms with Gasteiger partial charge >= 0.3 is 12.1 Å². The summed E-state index contributed by atoms with van der Waals surface area (Å²) in [7, 11) is 0. The predicted octanol–water partition coefficient (Wildman–Crippen LogP) is 5.08. The topological polar surface area (TPSA) is 92.3 Å². The average molecular weight is 484 g/mol. The molecule has 1 unspecified atom stereocenters. The number of carbonyl (C=O) groups is 2. The number of hydrogen-bond acceptors (Lipinski definition) is 8. The van der Waals surface area contributed by atoms with Gasteiger partial charge in [-0.1, -0.05) is 47.5 Å². The van der Waals surface area contributed by atoms with E-state index in [9.17, 15) is 9.59 Å². The molecule has 0 spiro atoms. The van der Waals surface area contributed by atoms with E-state index >= 15 is 0 Å². The second-order valence-corrected chi connectivity index (χ2v) is 8.16. The second-order valence-electron chi connectivity index (χ2n) is 7.35. The third-order valence-electron chi connectivity index (χ3n) is 4.43. The molecule has 1 saturated heterocycles. The minimum absolute atomic E-state index is 0.0279. The van der Waals surface area contributed by atoms with Crippen LogP contribution >= 0.6 is 23.2 Å². The van der Waals surface area contributed by atoms with Crippen molar-refractivity contribution in [3.8, 4) is 0 Å². The zero-order valence-electron chi connectivity index (χ0n) is 17.6. The molecule has 2 aromatic rings. The SMILES string of the molecule is CC1(C)OCC(COC(=O)OCOC(=O)Cc2ccccc2Nc2c(Cl)cccc2Cl)O1. The van der Waals surface area contributed by atoms with Gasteiger partial charge < -0.3 is 29.0 Å². The number of nitrogens with one attached hydrogen (secondary N) is 1. The molecule has 1 N–H and O–H groups in total. The molecule has 3 rings (SSSR count). The lowest BCUT2D eigenvalue weighted by Gasteiger charge is -2.16. The smallest absolute Gasteiger partial charge is 0.431 e. The van der Waals surface area contributed by atoms with Crippen LogP contribution in [0.25, 0.3) is 0 Å². The summed E-state index contributed by atoms with van der Waals surface area (Å²) in [5, 5.41) is 4.03. The number of carbonyl (C=O) groups excluding carboxylic acids is 2. The van der Waals surface area contributed by atoms with E-state index in [2.05, 4.69) is 5.32 Å². The van der Waals surface area contributed by atoms with E-state index in [1.165, 1.54) is 0 Å². The van der Waals surface area contributed by atoms with Crippen LogP contribution < -0.4 is 5.32 Å². The van der Waals surface area contributed by atoms with Crippen molar-refractivity contribution in [1.82, 2.24) is 0 Å². The minimum Gasteiger partial charge on any atom is -0.431 e. The van der Waals surface area contributed by atoms with Gasteiger partial charge in [0.25, 0.3) is 0 Å². The molecular formula is C22H23Cl2NO7. The number of hydrogen-bond donors (Lipinski definition) is 1. The molecule has 1 atom stereocenters. The maximum atomic E-state index is 12.2. The van der Waals surface area contributed by atoms with Gasteiger partial charge in [0.15, 0.2) is 5.79 Å². The van der Waals surface area contributed by atoms with Gasteiger partial charge in [-0.2, -0.15) is 0 Å². The highest BCUT2D eigenvalue weighted by Crippen LogP contribution is 2.33. The maximum absolute atomic E-state index is 12.2. The lowest BCUT2D eigenvalue weighted by molar-refractivity contribution is -0.154. The Labute approximate surface area is 195 Å². The fourth-order valence-electron chi connectivity index (χ4n) is 2.95. The van der Waals surface area contributed by atoms with Gasteiger partial charge in [0.1, 0.15) is 12.7 Å². The Bertz CT molecular complexity index is 947. The van der Waals surface area contributed by atoms with E-state index in [4.69, 9.17) is 46.9 Å². The number of benzene rings is 2. The van der Waals surface area contributed by atoms with Gasteiger partial charge in [0, 0.05) is 5.69 Å². The van der Waals surface area contributed by atoms with Crippen LogP contribution in [0.5, 0.6) is 0 Å². The fraction of sp³-hybridized carbons (Fsp3) is 0.364. The van der Waals surface area contributed by atoms with Crippen molar-refractivity contribution in [2.75, 3.05) is 25.3 Å². The first-order chi connectivity index (χ1) is 15.2. The third kappa shape index (κ3) is 7.00. The van der Waals surface area contributed by atoms with Crippen molar-refractivity contribution in [2.45, 2.75) is 32.2 Å². The van der Waals surface area contributed by atoms with Gasteiger partial charge in [-0.05, 0) is 37.6 Å². The maximum Gasteiger partial charge on any atom is 0.511 e. The number of rotatable bonds is 8. The third-order valence-corrected chi connectivity index (χ3v) is 5.06. The first-order valence-electron chi connectivity index (χ1n) is 9.79. The quantitative estimate of drug-likeness (QED) is 0.410. The highest BCUT2D eigenvalue weighted by atomic mass is 35.5. The summed E-state index contributed by atoms with van der Waals surface area (Å²) in [6.07, 6.45) is -1.41. The first kappa shape index (κ1) is 24.1. The number of halogens is 2. The van der Waals surface area contributed by atoms with Crippen LogP contribution in [0.15, 0.2) is 42.5 Å². The molecule has 0 radical (unpaired) electrons. The fourth-order valence-corrected chi connectivity index (χ4v) is 3.44. The van der Waals surface area contributed by atoms with E-state index in [0.717, 1.165) is 0 Å². The van der Waals surface area contributed by atoms with Gasteiger partial charge in [-0.25, -0.2) is 4.79 Å². The molecule has 1 aliphatic heterocycles. The van der Waals surface area contributed by atoms with Crippen molar-refractivity contribution in [3.05, 3.63) is 58.1 Å². The largest absolute Gasteiger partial charge is 0.511 e. The summed E-state index contributed by atoms with van der Waals surface area (Å²) in [6.45, 7) is 3.24. The van der Waals surface area contributed by atoms with Crippen LogP contribution in [0.3, 0.4) is 0 Å². The summed E-state index contributed by atoms with van der Waals surface area (Å²) >= 11 is 12.4.